The Balaban J connectivity index is -0.000000260. The molecule has 0 aromatic heterocycles. The highest BCUT2D eigenvalue weighted by Gasteiger charge is 1.99. The number of hydrogen-bond donors (Lipinski definition) is 0. The van der Waals surface area contributed by atoms with Crippen molar-refractivity contribution >= 4 is 11.9 Å². The fourth-order valence-electron chi connectivity index (χ4n) is 0.516. The molecule has 0 saturated heterocycles. The molecule has 0 bridgehead atoms. The van der Waals surface area contributed by atoms with Gasteiger partial charge in [0.05, 0.1) is 0 Å². The molecule has 0 aliphatic carbocycles. The number of carbonyl (C=O) groups excluding carboxylic acids is 2. The zero-order valence-electron chi connectivity index (χ0n) is 12.9. The van der Waals surface area contributed by atoms with Crippen molar-refractivity contribution in [3.63, 3.8) is 0 Å². The fourth-order valence-corrected chi connectivity index (χ4v) is 0.516. The number of hydrogen-bond acceptors (Lipinski definition) is 4. The van der Waals surface area contributed by atoms with Crippen LogP contribution >= 0.6 is 0 Å². The lowest BCUT2D eigenvalue weighted by atomic mass is 10.4. The summed E-state index contributed by atoms with van der Waals surface area (Å²) in [7, 11) is 0. The van der Waals surface area contributed by atoms with Crippen LogP contribution in [0.2, 0.25) is 0 Å². The van der Waals surface area contributed by atoms with E-state index in [4.69, 9.17) is 0 Å². The molecule has 0 atom stereocenters. The van der Waals surface area contributed by atoms with Crippen molar-refractivity contribution in [3.05, 3.63) is 68.5 Å². The van der Waals surface area contributed by atoms with Crippen molar-refractivity contribution in [2.45, 2.75) is 13.8 Å². The van der Waals surface area contributed by atoms with Crippen LogP contribution < -0.4 is 0 Å². The molecule has 0 unspecified atom stereocenters. The minimum atomic E-state index is -0.366. The first-order chi connectivity index (χ1) is 9.78. The minimum absolute atomic E-state index is 0.256. The van der Waals surface area contributed by atoms with E-state index < -0.39 is 0 Å². The van der Waals surface area contributed by atoms with Gasteiger partial charge in [-0.05, 0) is 13.8 Å². The van der Waals surface area contributed by atoms with Crippen LogP contribution in [0.25, 0.3) is 0 Å². The van der Waals surface area contributed by atoms with Gasteiger partial charge in [-0.1, -0.05) is 51.6 Å². The molecule has 0 rings (SSSR count). The van der Waals surface area contributed by atoms with E-state index in [1.165, 1.54) is 12.2 Å². The monoisotopic (exact) mass is 292 g/mol. The third kappa shape index (κ3) is 23.0. The standard InChI is InChI=1S/2C7H10O2.C3H4/c2*1-4-5-9-7(8)6(2)3;1-3-2/h2*4H,1-2,5H2,3H3;1-2H2. The van der Waals surface area contributed by atoms with Gasteiger partial charge in [0.15, 0.2) is 0 Å². The SMILES string of the molecule is C=C=C.C=CCOC(=O)C(=C)C.C=CCOC(=O)C(=C)C. The maximum Gasteiger partial charge on any atom is 0.333 e. The Morgan fingerprint density at radius 3 is 1.29 bits per heavy atom. The largest absolute Gasteiger partial charge is 0.458 e. The minimum Gasteiger partial charge on any atom is -0.458 e. The van der Waals surface area contributed by atoms with Crippen molar-refractivity contribution in [3.8, 4) is 0 Å². The predicted octanol–water partition coefficient (Wildman–Crippen LogP) is 3.54. The fraction of sp³-hybridized carbons (Fsp3) is 0.235. The second kappa shape index (κ2) is 17.4. The maximum absolute atomic E-state index is 10.5. The molecule has 0 fully saturated rings. The maximum atomic E-state index is 10.5. The molecule has 0 radical (unpaired) electrons. The number of rotatable bonds is 6. The van der Waals surface area contributed by atoms with Crippen molar-refractivity contribution in [2.75, 3.05) is 13.2 Å². The second-order valence-electron chi connectivity index (χ2n) is 3.58. The second-order valence-corrected chi connectivity index (χ2v) is 3.58. The highest BCUT2D eigenvalue weighted by Crippen LogP contribution is 1.91. The van der Waals surface area contributed by atoms with E-state index in [0.717, 1.165) is 0 Å². The van der Waals surface area contributed by atoms with E-state index in [1.54, 1.807) is 13.8 Å². The van der Waals surface area contributed by atoms with Gasteiger partial charge in [-0.15, -0.1) is 5.73 Å². The average Bonchev–Trinajstić information content (AvgIpc) is 2.43. The Bertz CT molecular complexity index is 377. The molecule has 0 aromatic carbocycles. The zero-order chi connectivity index (χ0) is 17.3. The van der Waals surface area contributed by atoms with Crippen LogP contribution in [0.5, 0.6) is 0 Å². The third-order valence-corrected chi connectivity index (χ3v) is 1.36. The van der Waals surface area contributed by atoms with E-state index in [2.05, 4.69) is 54.7 Å². The van der Waals surface area contributed by atoms with Crippen LogP contribution in [0, 0.1) is 0 Å². The molecule has 0 N–H and O–H groups in total. The van der Waals surface area contributed by atoms with E-state index in [0.29, 0.717) is 11.1 Å². The first-order valence-corrected chi connectivity index (χ1v) is 5.94. The van der Waals surface area contributed by atoms with Crippen LogP contribution in [0.4, 0.5) is 0 Å². The number of ether oxygens (including phenoxy) is 2. The Labute approximate surface area is 127 Å². The van der Waals surface area contributed by atoms with E-state index in [9.17, 15) is 9.59 Å². The Hall–Kier alpha value is -2.58. The van der Waals surface area contributed by atoms with E-state index >= 15 is 0 Å². The van der Waals surface area contributed by atoms with Crippen molar-refractivity contribution in [2.24, 2.45) is 0 Å². The lowest BCUT2D eigenvalue weighted by molar-refractivity contribution is -0.138. The Morgan fingerprint density at radius 2 is 1.14 bits per heavy atom. The Kier molecular flexibility index (Phi) is 19.5. The molecular weight excluding hydrogens is 268 g/mol. The van der Waals surface area contributed by atoms with Gasteiger partial charge < -0.3 is 9.47 Å². The first kappa shape index (κ1) is 23.5. The molecule has 4 heteroatoms. The lowest BCUT2D eigenvalue weighted by Gasteiger charge is -1.97. The van der Waals surface area contributed by atoms with Crippen LogP contribution in [0.1, 0.15) is 13.8 Å². The normalized spacial score (nSPS) is 7.33. The van der Waals surface area contributed by atoms with Gasteiger partial charge in [-0.3, -0.25) is 0 Å². The molecule has 4 nitrogen and oxygen atoms in total. The topological polar surface area (TPSA) is 52.6 Å². The molecule has 0 saturated carbocycles. The summed E-state index contributed by atoms with van der Waals surface area (Å²) >= 11 is 0. The molecule has 0 aliphatic rings. The molecule has 21 heavy (non-hydrogen) atoms. The summed E-state index contributed by atoms with van der Waals surface area (Å²) in [6.07, 6.45) is 3.03. The van der Waals surface area contributed by atoms with E-state index in [-0.39, 0.29) is 25.2 Å². The van der Waals surface area contributed by atoms with Gasteiger partial charge in [0.1, 0.15) is 13.2 Å². The molecule has 0 heterocycles. The summed E-state index contributed by atoms with van der Waals surface area (Å²) < 4.78 is 9.19. The van der Waals surface area contributed by atoms with Crippen LogP contribution in [-0.4, -0.2) is 25.2 Å². The van der Waals surface area contributed by atoms with Gasteiger partial charge in [-0.2, -0.15) is 0 Å². The molecule has 0 spiro atoms. The van der Waals surface area contributed by atoms with Crippen molar-refractivity contribution in [1.82, 2.24) is 0 Å². The zero-order valence-corrected chi connectivity index (χ0v) is 12.9. The van der Waals surface area contributed by atoms with Gasteiger partial charge >= 0.3 is 11.9 Å². The van der Waals surface area contributed by atoms with Crippen molar-refractivity contribution < 1.29 is 19.1 Å². The van der Waals surface area contributed by atoms with Crippen LogP contribution in [-0.2, 0) is 19.1 Å². The van der Waals surface area contributed by atoms with Crippen LogP contribution in [0.15, 0.2) is 68.5 Å². The van der Waals surface area contributed by atoms with Crippen molar-refractivity contribution in [1.29, 1.82) is 0 Å². The van der Waals surface area contributed by atoms with E-state index in [1.807, 2.05) is 0 Å². The summed E-state index contributed by atoms with van der Waals surface area (Å²) in [4.78, 5) is 21.1. The van der Waals surface area contributed by atoms with Gasteiger partial charge in [0, 0.05) is 11.1 Å². The van der Waals surface area contributed by atoms with Gasteiger partial charge in [0.25, 0.3) is 0 Å². The smallest absolute Gasteiger partial charge is 0.333 e. The Morgan fingerprint density at radius 1 is 0.905 bits per heavy atom. The van der Waals surface area contributed by atoms with Gasteiger partial charge in [0.2, 0.25) is 0 Å². The first-order valence-electron chi connectivity index (χ1n) is 5.94. The summed E-state index contributed by atoms with van der Waals surface area (Å²) in [5.41, 5.74) is 3.08. The number of carbonyl (C=O) groups is 2. The molecule has 0 amide bonds. The molecule has 116 valence electrons. The summed E-state index contributed by atoms with van der Waals surface area (Å²) in [5, 5.41) is 0. The summed E-state index contributed by atoms with van der Waals surface area (Å²) in [5.74, 6) is -0.732. The highest BCUT2D eigenvalue weighted by atomic mass is 16.5. The number of esters is 2. The molecular formula is C17H24O4. The highest BCUT2D eigenvalue weighted by molar-refractivity contribution is 5.87. The average molecular weight is 292 g/mol. The molecule has 0 aromatic rings. The van der Waals surface area contributed by atoms with Gasteiger partial charge in [-0.25, -0.2) is 9.59 Å². The summed E-state index contributed by atoms with van der Waals surface area (Å²) in [6, 6.07) is 0. The summed E-state index contributed by atoms with van der Waals surface area (Å²) in [6.45, 7) is 23.5. The van der Waals surface area contributed by atoms with Crippen LogP contribution in [0.3, 0.4) is 0 Å². The third-order valence-electron chi connectivity index (χ3n) is 1.36. The quantitative estimate of drug-likeness (QED) is 0.325. The predicted molar refractivity (Wildman–Crippen MR) is 86.7 cm³/mol. The lowest BCUT2D eigenvalue weighted by Crippen LogP contribution is -2.03. The molecule has 0 aliphatic heterocycles.